The molecule has 0 saturated heterocycles. The zero-order valence-corrected chi connectivity index (χ0v) is 23.8. The Balaban J connectivity index is 1.30. The van der Waals surface area contributed by atoms with E-state index in [0.29, 0.717) is 37.9 Å². The first-order valence-corrected chi connectivity index (χ1v) is 14.7. The standard InChI is InChI=1S/C34H38F4O3/c1-3-4-5-6-7-8-21-40-28-19-17-26(30(35)32(28)37)24-13-15-25(16-14-24)34(39)41-29-20-18-27(31(36)33(29)38)23-11-9-22(2)10-12-23/h9-12,17-20,24-25H,3-8,13-16,21H2,1-2H3. The van der Waals surface area contributed by atoms with Gasteiger partial charge in [-0.2, -0.15) is 8.78 Å². The molecule has 1 aliphatic rings. The van der Waals surface area contributed by atoms with E-state index in [1.54, 1.807) is 30.3 Å². The quantitative estimate of drug-likeness (QED) is 0.0941. The van der Waals surface area contributed by atoms with Gasteiger partial charge in [-0.3, -0.25) is 4.79 Å². The van der Waals surface area contributed by atoms with Crippen molar-refractivity contribution in [2.24, 2.45) is 5.92 Å². The molecule has 1 saturated carbocycles. The number of halogens is 4. The summed E-state index contributed by atoms with van der Waals surface area (Å²) in [6, 6.07) is 12.7. The normalized spacial score (nSPS) is 16.9. The maximum Gasteiger partial charge on any atom is 0.314 e. The van der Waals surface area contributed by atoms with Gasteiger partial charge < -0.3 is 9.47 Å². The highest BCUT2D eigenvalue weighted by molar-refractivity contribution is 5.76. The molecule has 0 radical (unpaired) electrons. The third-order valence-electron chi connectivity index (χ3n) is 7.95. The van der Waals surface area contributed by atoms with Crippen LogP contribution in [-0.2, 0) is 4.79 Å². The van der Waals surface area contributed by atoms with Gasteiger partial charge in [0.1, 0.15) is 0 Å². The van der Waals surface area contributed by atoms with Crippen LogP contribution in [0.1, 0.15) is 88.2 Å². The fraction of sp³-hybridized carbons (Fsp3) is 0.441. The van der Waals surface area contributed by atoms with Crippen molar-refractivity contribution >= 4 is 5.97 Å². The number of ether oxygens (including phenoxy) is 2. The van der Waals surface area contributed by atoms with E-state index < -0.39 is 40.9 Å². The first-order chi connectivity index (χ1) is 19.8. The van der Waals surface area contributed by atoms with Gasteiger partial charge in [-0.05, 0) is 74.3 Å². The van der Waals surface area contributed by atoms with Crippen LogP contribution in [-0.4, -0.2) is 12.6 Å². The summed E-state index contributed by atoms with van der Waals surface area (Å²) in [5.41, 5.74) is 1.86. The molecule has 0 atom stereocenters. The summed E-state index contributed by atoms with van der Waals surface area (Å²) >= 11 is 0. The molecular formula is C34H38F4O3. The Hall–Kier alpha value is -3.35. The average molecular weight is 571 g/mol. The van der Waals surface area contributed by atoms with E-state index in [-0.39, 0.29) is 22.8 Å². The summed E-state index contributed by atoms with van der Waals surface area (Å²) < 4.78 is 70.0. The number of carbonyl (C=O) groups is 1. The second-order valence-corrected chi connectivity index (χ2v) is 11.0. The first-order valence-electron chi connectivity index (χ1n) is 14.7. The van der Waals surface area contributed by atoms with Gasteiger partial charge in [0.15, 0.2) is 23.1 Å². The van der Waals surface area contributed by atoms with Crippen LogP contribution in [0.4, 0.5) is 17.6 Å². The summed E-state index contributed by atoms with van der Waals surface area (Å²) in [5.74, 6) is -6.21. The molecule has 0 aliphatic heterocycles. The van der Waals surface area contributed by atoms with Crippen molar-refractivity contribution in [3.8, 4) is 22.6 Å². The predicted molar refractivity (Wildman–Crippen MR) is 152 cm³/mol. The van der Waals surface area contributed by atoms with Gasteiger partial charge in [0.2, 0.25) is 11.6 Å². The summed E-state index contributed by atoms with van der Waals surface area (Å²) in [4.78, 5) is 12.8. The SMILES string of the molecule is CCCCCCCCOc1ccc(C2CCC(C(=O)Oc3ccc(-c4ccc(C)cc4)c(F)c3F)CC2)c(F)c1F. The maximum absolute atomic E-state index is 14.9. The molecule has 0 spiro atoms. The van der Waals surface area contributed by atoms with Gasteiger partial charge >= 0.3 is 5.97 Å². The van der Waals surface area contributed by atoms with Crippen LogP contribution in [0.5, 0.6) is 11.5 Å². The molecule has 0 aromatic heterocycles. The number of benzene rings is 3. The van der Waals surface area contributed by atoms with Gasteiger partial charge in [-0.25, -0.2) is 8.78 Å². The molecule has 3 nitrogen and oxygen atoms in total. The van der Waals surface area contributed by atoms with Crippen molar-refractivity contribution in [3.05, 3.63) is 82.9 Å². The molecule has 3 aromatic carbocycles. The zero-order chi connectivity index (χ0) is 29.4. The van der Waals surface area contributed by atoms with Crippen LogP contribution >= 0.6 is 0 Å². The fourth-order valence-electron chi connectivity index (χ4n) is 5.44. The van der Waals surface area contributed by atoms with E-state index in [0.717, 1.165) is 24.8 Å². The topological polar surface area (TPSA) is 35.5 Å². The lowest BCUT2D eigenvalue weighted by molar-refractivity contribution is -0.140. The number of unbranched alkanes of at least 4 members (excludes halogenated alkanes) is 5. The highest BCUT2D eigenvalue weighted by atomic mass is 19.2. The minimum Gasteiger partial charge on any atom is -0.490 e. The Bertz CT molecular complexity index is 1310. The second-order valence-electron chi connectivity index (χ2n) is 11.0. The van der Waals surface area contributed by atoms with Crippen LogP contribution in [0.2, 0.25) is 0 Å². The third-order valence-corrected chi connectivity index (χ3v) is 7.95. The van der Waals surface area contributed by atoms with Crippen LogP contribution in [0, 0.1) is 36.1 Å². The fourth-order valence-corrected chi connectivity index (χ4v) is 5.44. The minimum absolute atomic E-state index is 0.0795. The van der Waals surface area contributed by atoms with Gasteiger partial charge in [0.05, 0.1) is 12.5 Å². The number of esters is 1. The molecule has 4 rings (SSSR count). The van der Waals surface area contributed by atoms with Crippen molar-refractivity contribution in [2.75, 3.05) is 6.61 Å². The number of hydrogen-bond donors (Lipinski definition) is 0. The largest absolute Gasteiger partial charge is 0.490 e. The Morgan fingerprint density at radius 1 is 0.732 bits per heavy atom. The van der Waals surface area contributed by atoms with Crippen LogP contribution in [0.3, 0.4) is 0 Å². The lowest BCUT2D eigenvalue weighted by atomic mass is 9.78. The lowest BCUT2D eigenvalue weighted by Gasteiger charge is -2.28. The van der Waals surface area contributed by atoms with Gasteiger partial charge in [-0.15, -0.1) is 0 Å². The van der Waals surface area contributed by atoms with E-state index in [1.165, 1.54) is 37.5 Å². The molecule has 0 amide bonds. The zero-order valence-electron chi connectivity index (χ0n) is 23.8. The Kier molecular flexibility index (Phi) is 10.8. The van der Waals surface area contributed by atoms with Crippen LogP contribution < -0.4 is 9.47 Å². The molecule has 3 aromatic rings. The van der Waals surface area contributed by atoms with E-state index in [4.69, 9.17) is 9.47 Å². The number of hydrogen-bond acceptors (Lipinski definition) is 3. The molecule has 0 heterocycles. The molecule has 7 heteroatoms. The second kappa shape index (κ2) is 14.5. The van der Waals surface area contributed by atoms with Gasteiger partial charge in [0, 0.05) is 5.56 Å². The van der Waals surface area contributed by atoms with Crippen molar-refractivity contribution < 1.29 is 31.8 Å². The highest BCUT2D eigenvalue weighted by Crippen LogP contribution is 2.39. The first kappa shape index (κ1) is 30.6. The molecule has 0 bridgehead atoms. The summed E-state index contributed by atoms with van der Waals surface area (Å²) in [5, 5.41) is 0. The molecule has 1 aliphatic carbocycles. The van der Waals surface area contributed by atoms with Gasteiger partial charge in [0.25, 0.3) is 0 Å². The minimum atomic E-state index is -1.22. The third kappa shape index (κ3) is 7.69. The summed E-state index contributed by atoms with van der Waals surface area (Å²) in [6.07, 6.45) is 8.05. The van der Waals surface area contributed by atoms with E-state index >= 15 is 0 Å². The van der Waals surface area contributed by atoms with E-state index in [9.17, 15) is 22.4 Å². The average Bonchev–Trinajstić information content (AvgIpc) is 2.98. The van der Waals surface area contributed by atoms with Crippen molar-refractivity contribution in [2.45, 2.75) is 84.0 Å². The Labute approximate surface area is 239 Å². The Morgan fingerprint density at radius 3 is 2.07 bits per heavy atom. The number of rotatable bonds is 12. The highest BCUT2D eigenvalue weighted by Gasteiger charge is 2.31. The number of carbonyl (C=O) groups excluding carboxylic acids is 1. The van der Waals surface area contributed by atoms with Crippen molar-refractivity contribution in [1.82, 2.24) is 0 Å². The lowest BCUT2D eigenvalue weighted by Crippen LogP contribution is -2.26. The molecule has 1 fully saturated rings. The van der Waals surface area contributed by atoms with Crippen molar-refractivity contribution in [1.29, 1.82) is 0 Å². The molecule has 0 unspecified atom stereocenters. The van der Waals surface area contributed by atoms with Crippen LogP contribution in [0.15, 0.2) is 48.5 Å². The predicted octanol–water partition coefficient (Wildman–Crippen LogP) is 9.84. The molecule has 220 valence electrons. The monoisotopic (exact) mass is 570 g/mol. The molecule has 41 heavy (non-hydrogen) atoms. The van der Waals surface area contributed by atoms with Gasteiger partial charge in [-0.1, -0.05) is 74.9 Å². The summed E-state index contributed by atoms with van der Waals surface area (Å²) in [6.45, 7) is 4.39. The Morgan fingerprint density at radius 2 is 1.37 bits per heavy atom. The molecule has 0 N–H and O–H groups in total. The van der Waals surface area contributed by atoms with E-state index in [1.807, 2.05) is 6.92 Å². The van der Waals surface area contributed by atoms with E-state index in [2.05, 4.69) is 6.92 Å². The molecular weight excluding hydrogens is 532 g/mol. The smallest absolute Gasteiger partial charge is 0.314 e. The van der Waals surface area contributed by atoms with Crippen LogP contribution in [0.25, 0.3) is 11.1 Å². The maximum atomic E-state index is 14.9. The van der Waals surface area contributed by atoms with Crippen molar-refractivity contribution in [3.63, 3.8) is 0 Å². The summed E-state index contributed by atoms with van der Waals surface area (Å²) in [7, 11) is 0. The number of aryl methyl sites for hydroxylation is 1.